The van der Waals surface area contributed by atoms with Crippen LogP contribution in [0.2, 0.25) is 0 Å². The van der Waals surface area contributed by atoms with Gasteiger partial charge in [0.15, 0.2) is 5.75 Å². The Morgan fingerprint density at radius 2 is 2.47 bits per heavy atom. The first-order valence-electron chi connectivity index (χ1n) is 5.39. The summed E-state index contributed by atoms with van der Waals surface area (Å²) in [6, 6.07) is 1.93. The lowest BCUT2D eigenvalue weighted by atomic mass is 10.2. The van der Waals surface area contributed by atoms with Crippen LogP contribution in [0.1, 0.15) is 6.42 Å². The van der Waals surface area contributed by atoms with Gasteiger partial charge in [0.25, 0.3) is 5.95 Å². The van der Waals surface area contributed by atoms with Gasteiger partial charge in [-0.1, -0.05) is 0 Å². The lowest BCUT2D eigenvalue weighted by Crippen LogP contribution is -2.28. The number of ether oxygens (including phenoxy) is 2. The molecule has 1 N–H and O–H groups in total. The van der Waals surface area contributed by atoms with Crippen LogP contribution in [0.5, 0.6) is 5.75 Å². The number of pyridine rings is 1. The fourth-order valence-electron chi connectivity index (χ4n) is 1.80. The molecule has 0 amide bonds. The van der Waals surface area contributed by atoms with Crippen molar-refractivity contribution in [1.82, 2.24) is 10.3 Å². The summed E-state index contributed by atoms with van der Waals surface area (Å²) in [5.41, 5.74) is 0. The smallest absolute Gasteiger partial charge is 0.256 e. The minimum absolute atomic E-state index is 0.204. The Labute approximate surface area is 113 Å². The molecule has 17 heavy (non-hydrogen) atoms. The van der Waals surface area contributed by atoms with Crippen molar-refractivity contribution in [2.75, 3.05) is 20.3 Å². The second kappa shape index (κ2) is 5.92. The van der Waals surface area contributed by atoms with E-state index in [4.69, 9.17) is 9.47 Å². The standard InChI is InChI=1S/C11H14FIN2O2/c1-16-8-4-7(15-5-8)6-17-10-9(13)2-3-14-11(10)12/h2-3,7-8,15H,4-6H2,1H3/t7-,8-/m0/s1. The molecule has 4 nitrogen and oxygen atoms in total. The summed E-state index contributed by atoms with van der Waals surface area (Å²) in [4.78, 5) is 3.57. The molecule has 1 saturated heterocycles. The van der Waals surface area contributed by atoms with Gasteiger partial charge in [0.1, 0.15) is 6.61 Å². The largest absolute Gasteiger partial charge is 0.486 e. The van der Waals surface area contributed by atoms with Gasteiger partial charge in [-0.05, 0) is 35.1 Å². The Hall–Kier alpha value is -0.470. The first-order chi connectivity index (χ1) is 8.20. The summed E-state index contributed by atoms with van der Waals surface area (Å²) in [6.07, 6.45) is 2.54. The Morgan fingerprint density at radius 3 is 3.12 bits per heavy atom. The van der Waals surface area contributed by atoms with Crippen molar-refractivity contribution in [2.24, 2.45) is 0 Å². The maximum Gasteiger partial charge on any atom is 0.256 e. The molecule has 2 rings (SSSR count). The van der Waals surface area contributed by atoms with Crippen molar-refractivity contribution in [1.29, 1.82) is 0 Å². The number of nitrogens with zero attached hydrogens (tertiary/aromatic N) is 1. The zero-order chi connectivity index (χ0) is 12.3. The number of methoxy groups -OCH3 is 1. The second-order valence-electron chi connectivity index (χ2n) is 3.92. The average Bonchev–Trinajstić information content (AvgIpc) is 2.76. The molecule has 6 heteroatoms. The highest BCUT2D eigenvalue weighted by Crippen LogP contribution is 2.23. The molecular weight excluding hydrogens is 338 g/mol. The number of halogens is 2. The number of rotatable bonds is 4. The molecule has 0 radical (unpaired) electrons. The Bertz CT molecular complexity index is 371. The number of hydrogen-bond acceptors (Lipinski definition) is 4. The predicted octanol–water partition coefficient (Wildman–Crippen LogP) is 1.58. The molecule has 94 valence electrons. The minimum Gasteiger partial charge on any atom is -0.486 e. The molecule has 0 saturated carbocycles. The van der Waals surface area contributed by atoms with E-state index >= 15 is 0 Å². The molecule has 2 atom stereocenters. The Kier molecular flexibility index (Phi) is 4.52. The van der Waals surface area contributed by atoms with Crippen molar-refractivity contribution in [3.05, 3.63) is 21.8 Å². The molecular formula is C11H14FIN2O2. The van der Waals surface area contributed by atoms with Crippen LogP contribution in [0.15, 0.2) is 12.3 Å². The Morgan fingerprint density at radius 1 is 1.65 bits per heavy atom. The maximum absolute atomic E-state index is 13.4. The SMILES string of the molecule is CO[C@@H]1CN[C@H](COc2c(I)ccnc2F)C1. The van der Waals surface area contributed by atoms with Crippen LogP contribution in [0.25, 0.3) is 0 Å². The minimum atomic E-state index is -0.557. The number of hydrogen-bond donors (Lipinski definition) is 1. The van der Waals surface area contributed by atoms with E-state index in [1.165, 1.54) is 6.20 Å². The summed E-state index contributed by atoms with van der Waals surface area (Å²) in [7, 11) is 1.69. The van der Waals surface area contributed by atoms with Gasteiger partial charge >= 0.3 is 0 Å². The van der Waals surface area contributed by atoms with E-state index in [-0.39, 0.29) is 17.9 Å². The molecule has 2 heterocycles. The monoisotopic (exact) mass is 352 g/mol. The van der Waals surface area contributed by atoms with Crippen molar-refractivity contribution >= 4 is 22.6 Å². The molecule has 1 aromatic rings. The van der Waals surface area contributed by atoms with Crippen molar-refractivity contribution < 1.29 is 13.9 Å². The van der Waals surface area contributed by atoms with Gasteiger partial charge in [-0.15, -0.1) is 0 Å². The van der Waals surface area contributed by atoms with Gasteiger partial charge < -0.3 is 14.8 Å². The maximum atomic E-state index is 13.4. The molecule has 0 bridgehead atoms. The van der Waals surface area contributed by atoms with E-state index < -0.39 is 5.95 Å². The van der Waals surface area contributed by atoms with Gasteiger partial charge in [0.2, 0.25) is 0 Å². The zero-order valence-corrected chi connectivity index (χ0v) is 11.6. The second-order valence-corrected chi connectivity index (χ2v) is 5.08. The van der Waals surface area contributed by atoms with E-state index in [1.807, 2.05) is 22.6 Å². The molecule has 0 aliphatic carbocycles. The highest BCUT2D eigenvalue weighted by Gasteiger charge is 2.24. The molecule has 0 spiro atoms. The van der Waals surface area contributed by atoms with E-state index in [2.05, 4.69) is 10.3 Å². The molecule has 0 unspecified atom stereocenters. The first-order valence-corrected chi connectivity index (χ1v) is 6.47. The van der Waals surface area contributed by atoms with Crippen LogP contribution < -0.4 is 10.1 Å². The number of aromatic nitrogens is 1. The molecule has 1 aromatic heterocycles. The molecule has 1 aliphatic heterocycles. The van der Waals surface area contributed by atoms with Gasteiger partial charge in [0.05, 0.1) is 9.67 Å². The third-order valence-electron chi connectivity index (χ3n) is 2.76. The van der Waals surface area contributed by atoms with Crippen LogP contribution in [-0.2, 0) is 4.74 Å². The lowest BCUT2D eigenvalue weighted by Gasteiger charge is -2.13. The van der Waals surface area contributed by atoms with E-state index in [1.54, 1.807) is 13.2 Å². The highest BCUT2D eigenvalue weighted by molar-refractivity contribution is 14.1. The number of nitrogens with one attached hydrogen (secondary N) is 1. The average molecular weight is 352 g/mol. The summed E-state index contributed by atoms with van der Waals surface area (Å²) >= 11 is 2.03. The lowest BCUT2D eigenvalue weighted by molar-refractivity contribution is 0.115. The summed E-state index contributed by atoms with van der Waals surface area (Å²) < 4.78 is 24.8. The van der Waals surface area contributed by atoms with Crippen molar-refractivity contribution in [2.45, 2.75) is 18.6 Å². The fraction of sp³-hybridized carbons (Fsp3) is 0.545. The van der Waals surface area contributed by atoms with Gasteiger partial charge in [-0.2, -0.15) is 4.39 Å². The predicted molar refractivity (Wildman–Crippen MR) is 69.6 cm³/mol. The van der Waals surface area contributed by atoms with E-state index in [0.29, 0.717) is 6.61 Å². The molecule has 1 aliphatic rings. The summed E-state index contributed by atoms with van der Waals surface area (Å²) in [5, 5.41) is 3.27. The summed E-state index contributed by atoms with van der Waals surface area (Å²) in [6.45, 7) is 1.25. The Balaban J connectivity index is 1.90. The van der Waals surface area contributed by atoms with Gasteiger partial charge in [-0.25, -0.2) is 4.98 Å². The van der Waals surface area contributed by atoms with Crippen LogP contribution >= 0.6 is 22.6 Å². The van der Waals surface area contributed by atoms with Crippen molar-refractivity contribution in [3.63, 3.8) is 0 Å². The van der Waals surface area contributed by atoms with Gasteiger partial charge in [0, 0.05) is 25.9 Å². The highest BCUT2D eigenvalue weighted by atomic mass is 127. The van der Waals surface area contributed by atoms with Gasteiger partial charge in [-0.3, -0.25) is 0 Å². The van der Waals surface area contributed by atoms with Crippen LogP contribution in [0.3, 0.4) is 0 Å². The van der Waals surface area contributed by atoms with Crippen LogP contribution in [-0.4, -0.2) is 37.4 Å². The molecule has 0 aromatic carbocycles. The third-order valence-corrected chi connectivity index (χ3v) is 3.61. The van der Waals surface area contributed by atoms with E-state index in [0.717, 1.165) is 16.5 Å². The van der Waals surface area contributed by atoms with Crippen molar-refractivity contribution in [3.8, 4) is 5.75 Å². The summed E-state index contributed by atoms with van der Waals surface area (Å²) in [5.74, 6) is -0.325. The van der Waals surface area contributed by atoms with Crippen LogP contribution in [0.4, 0.5) is 4.39 Å². The normalized spacial score (nSPS) is 23.9. The third kappa shape index (κ3) is 3.26. The van der Waals surface area contributed by atoms with Crippen LogP contribution in [0, 0.1) is 9.52 Å². The zero-order valence-electron chi connectivity index (χ0n) is 9.45. The quantitative estimate of drug-likeness (QED) is 0.660. The fourth-order valence-corrected chi connectivity index (χ4v) is 2.34. The topological polar surface area (TPSA) is 43.4 Å². The first kappa shape index (κ1) is 13.0. The van der Waals surface area contributed by atoms with E-state index in [9.17, 15) is 4.39 Å². The molecule has 1 fully saturated rings.